The van der Waals surface area contributed by atoms with Gasteiger partial charge in [0.2, 0.25) is 5.91 Å². The lowest BCUT2D eigenvalue weighted by atomic mass is 10.1. The number of nitrogens with one attached hydrogen (secondary N) is 4. The van der Waals surface area contributed by atoms with Crippen LogP contribution in [0, 0.1) is 5.92 Å². The van der Waals surface area contributed by atoms with E-state index in [0.29, 0.717) is 45.1 Å². The number of rotatable bonds is 6. The summed E-state index contributed by atoms with van der Waals surface area (Å²) in [5, 5.41) is 5.56. The molecule has 0 radical (unpaired) electrons. The van der Waals surface area contributed by atoms with Crippen LogP contribution in [0.1, 0.15) is 90.0 Å². The van der Waals surface area contributed by atoms with Crippen LogP contribution in [0.2, 0.25) is 0 Å². The summed E-state index contributed by atoms with van der Waals surface area (Å²) in [5.41, 5.74) is -0.983. The molecule has 5 rings (SSSR count). The van der Waals surface area contributed by atoms with Crippen molar-refractivity contribution in [2.45, 2.75) is 114 Å². The molecule has 12 nitrogen and oxygen atoms in total. The number of carbonyl (C=O) groups is 4. The molecule has 4 N–H and O–H groups in total. The minimum atomic E-state index is -4.20. The molecule has 4 aliphatic rings. The quantitative estimate of drug-likeness (QED) is 0.347. The minimum Gasteiger partial charge on any atom is -0.436 e. The summed E-state index contributed by atoms with van der Waals surface area (Å²) in [6, 6.07) is 8.37. The first kappa shape index (κ1) is 32.9. The number of carbonyl (C=O) groups excluding carboxylic acids is 4. The van der Waals surface area contributed by atoms with E-state index in [1.54, 1.807) is 0 Å². The Morgan fingerprint density at radius 1 is 1.04 bits per heavy atom. The Bertz CT molecular complexity index is 1430. The highest BCUT2D eigenvalue weighted by Gasteiger charge is 2.61. The average Bonchev–Trinajstić information content (AvgIpc) is 3.81. The second-order valence-corrected chi connectivity index (χ2v) is 15.2. The molecule has 2 aliphatic carbocycles. The number of nitrogens with zero attached hydrogens (tertiary/aromatic N) is 1. The number of allylic oxidation sites excluding steroid dienone is 1. The van der Waals surface area contributed by atoms with E-state index in [4.69, 9.17) is 4.74 Å². The zero-order valence-corrected chi connectivity index (χ0v) is 27.0. The summed E-state index contributed by atoms with van der Waals surface area (Å²) in [6.07, 6.45) is 7.19. The zero-order valence-electron chi connectivity index (χ0n) is 26.2. The van der Waals surface area contributed by atoms with Gasteiger partial charge in [-0.2, -0.15) is 13.1 Å². The van der Waals surface area contributed by atoms with Crippen molar-refractivity contribution in [3.05, 3.63) is 48.0 Å². The Labute approximate surface area is 265 Å². The molecular weight excluding hydrogens is 598 g/mol. The van der Waals surface area contributed by atoms with Crippen molar-refractivity contribution in [3.8, 4) is 0 Å². The SMILES string of the molecule is CC(C)(C)NC(=O)O[C@H]1CCCCCC=C[C@@H]2C[C@@]2(C(=O)NS(=O)(=O)N[C@@H]2C[C@H]2c2ccccc2)NC(=O)[C@@H]2CCCN2C1=O. The molecule has 1 aromatic rings. The normalized spacial score (nSPS) is 30.6. The zero-order chi connectivity index (χ0) is 32.4. The van der Waals surface area contributed by atoms with Crippen LogP contribution in [-0.2, 0) is 29.3 Å². The van der Waals surface area contributed by atoms with Gasteiger partial charge in [-0.15, -0.1) is 0 Å². The fraction of sp³-hybridized carbons (Fsp3) is 0.625. The fourth-order valence-corrected chi connectivity index (χ4v) is 7.48. The summed E-state index contributed by atoms with van der Waals surface area (Å²) < 4.78 is 36.4. The number of benzene rings is 1. The van der Waals surface area contributed by atoms with Gasteiger partial charge in [0, 0.05) is 30.0 Å². The first-order chi connectivity index (χ1) is 21.3. The van der Waals surface area contributed by atoms with Gasteiger partial charge in [0.05, 0.1) is 0 Å². The number of alkyl carbamates (subject to hydrolysis) is 1. The third kappa shape index (κ3) is 8.23. The van der Waals surface area contributed by atoms with Crippen LogP contribution >= 0.6 is 0 Å². The van der Waals surface area contributed by atoms with E-state index in [1.165, 1.54) is 4.90 Å². The van der Waals surface area contributed by atoms with Gasteiger partial charge in [-0.3, -0.25) is 14.4 Å². The van der Waals surface area contributed by atoms with Gasteiger partial charge >= 0.3 is 16.3 Å². The molecule has 0 spiro atoms. The van der Waals surface area contributed by atoms with E-state index in [1.807, 2.05) is 63.3 Å². The van der Waals surface area contributed by atoms with Gasteiger partial charge in [-0.05, 0) is 77.7 Å². The van der Waals surface area contributed by atoms with E-state index in [-0.39, 0.29) is 24.3 Å². The molecule has 6 atom stereocenters. The van der Waals surface area contributed by atoms with Crippen molar-refractivity contribution in [1.82, 2.24) is 25.0 Å². The maximum absolute atomic E-state index is 13.7. The molecule has 0 bridgehead atoms. The topological polar surface area (TPSA) is 163 Å². The van der Waals surface area contributed by atoms with E-state index < -0.39 is 57.2 Å². The Balaban J connectivity index is 1.29. The second kappa shape index (κ2) is 13.1. The van der Waals surface area contributed by atoms with Crippen LogP contribution in [0.15, 0.2) is 42.5 Å². The number of ether oxygens (including phenoxy) is 1. The third-order valence-corrected chi connectivity index (χ3v) is 9.93. The lowest BCUT2D eigenvalue weighted by Gasteiger charge is -2.30. The highest BCUT2D eigenvalue weighted by molar-refractivity contribution is 7.88. The van der Waals surface area contributed by atoms with Gasteiger partial charge in [-0.1, -0.05) is 48.9 Å². The highest BCUT2D eigenvalue weighted by atomic mass is 32.2. The monoisotopic (exact) mass is 643 g/mol. The smallest absolute Gasteiger partial charge is 0.408 e. The predicted molar refractivity (Wildman–Crippen MR) is 167 cm³/mol. The van der Waals surface area contributed by atoms with Crippen LogP contribution in [0.4, 0.5) is 4.79 Å². The summed E-state index contributed by atoms with van der Waals surface area (Å²) in [4.78, 5) is 55.0. The van der Waals surface area contributed by atoms with Crippen molar-refractivity contribution in [2.75, 3.05) is 6.54 Å². The summed E-state index contributed by atoms with van der Waals surface area (Å²) in [7, 11) is -4.20. The molecule has 1 saturated heterocycles. The Morgan fingerprint density at radius 3 is 2.53 bits per heavy atom. The lowest BCUT2D eigenvalue weighted by Crippen LogP contribution is -2.58. The van der Waals surface area contributed by atoms with Gasteiger partial charge in [-0.25, -0.2) is 9.52 Å². The standard InChI is InChI=1S/C32H45N5O7S/c1-31(2,3)34-30(41)44-26-17-11-6-4-5-10-15-22-20-32(22,33-27(38)25-16-12-18-37(25)28(26)39)29(40)36-45(42,43)35-24-19-23(24)21-13-8-7-9-14-21/h7-10,13-15,22-26,35H,4-6,11-12,16-20H2,1-3H3,(H,33,38)(H,34,41)(H,36,40)/t22-,23+,24-,25+,26+,32-/m1/s1. The summed E-state index contributed by atoms with van der Waals surface area (Å²) >= 11 is 0. The average molecular weight is 644 g/mol. The number of hydrogen-bond acceptors (Lipinski definition) is 7. The summed E-state index contributed by atoms with van der Waals surface area (Å²) in [6.45, 7) is 5.74. The number of fused-ring (bicyclic) bond motifs is 2. The Hall–Kier alpha value is -3.45. The van der Waals surface area contributed by atoms with Crippen molar-refractivity contribution >= 4 is 34.0 Å². The van der Waals surface area contributed by atoms with Crippen molar-refractivity contribution < 1.29 is 32.3 Å². The fourth-order valence-electron chi connectivity index (χ4n) is 6.34. The molecule has 0 aromatic heterocycles. The van der Waals surface area contributed by atoms with Crippen LogP contribution in [0.5, 0.6) is 0 Å². The van der Waals surface area contributed by atoms with Gasteiger partial charge < -0.3 is 20.3 Å². The van der Waals surface area contributed by atoms with E-state index in [2.05, 4.69) is 20.1 Å². The molecule has 4 amide bonds. The minimum absolute atomic E-state index is 0.0315. The van der Waals surface area contributed by atoms with Crippen molar-refractivity contribution in [2.24, 2.45) is 5.92 Å². The van der Waals surface area contributed by atoms with Gasteiger partial charge in [0.25, 0.3) is 11.8 Å². The van der Waals surface area contributed by atoms with Crippen LogP contribution in [0.3, 0.4) is 0 Å². The van der Waals surface area contributed by atoms with Gasteiger partial charge in [0.1, 0.15) is 11.6 Å². The molecule has 0 unspecified atom stereocenters. The first-order valence-electron chi connectivity index (χ1n) is 16.0. The molecular formula is C32H45N5O7S. The lowest BCUT2D eigenvalue weighted by molar-refractivity contribution is -0.146. The maximum Gasteiger partial charge on any atom is 0.408 e. The van der Waals surface area contributed by atoms with E-state index >= 15 is 0 Å². The molecule has 2 heterocycles. The second-order valence-electron chi connectivity index (χ2n) is 13.7. The molecule has 3 fully saturated rings. The van der Waals surface area contributed by atoms with E-state index in [0.717, 1.165) is 18.4 Å². The number of hydrogen-bond donors (Lipinski definition) is 4. The first-order valence-corrected chi connectivity index (χ1v) is 17.4. The maximum atomic E-state index is 13.7. The van der Waals surface area contributed by atoms with Crippen LogP contribution in [-0.4, -0.2) is 72.9 Å². The molecule has 1 aromatic carbocycles. The highest BCUT2D eigenvalue weighted by Crippen LogP contribution is 2.46. The van der Waals surface area contributed by atoms with Crippen LogP contribution < -0.4 is 20.1 Å². The van der Waals surface area contributed by atoms with Gasteiger partial charge in [0.15, 0.2) is 6.10 Å². The Morgan fingerprint density at radius 2 is 1.80 bits per heavy atom. The summed E-state index contributed by atoms with van der Waals surface area (Å²) in [5.74, 6) is -2.14. The van der Waals surface area contributed by atoms with Crippen molar-refractivity contribution in [3.63, 3.8) is 0 Å². The molecule has 2 aliphatic heterocycles. The third-order valence-electron chi connectivity index (χ3n) is 8.86. The molecule has 246 valence electrons. The largest absolute Gasteiger partial charge is 0.436 e. The molecule has 45 heavy (non-hydrogen) atoms. The predicted octanol–water partition coefficient (Wildman–Crippen LogP) is 2.77. The molecule has 13 heteroatoms. The Kier molecular flexibility index (Phi) is 9.60. The van der Waals surface area contributed by atoms with Crippen molar-refractivity contribution in [1.29, 1.82) is 0 Å². The van der Waals surface area contributed by atoms with Crippen LogP contribution in [0.25, 0.3) is 0 Å². The molecule has 2 saturated carbocycles. The number of amides is 4. The van der Waals surface area contributed by atoms with E-state index in [9.17, 15) is 27.6 Å².